The fourth-order valence-electron chi connectivity index (χ4n) is 1.77. The summed E-state index contributed by atoms with van der Waals surface area (Å²) >= 11 is 11.9. The zero-order chi connectivity index (χ0) is 15.4. The fourth-order valence-corrected chi connectivity index (χ4v) is 2.15. The molecule has 0 saturated carbocycles. The van der Waals surface area contributed by atoms with Crippen LogP contribution < -0.4 is 5.32 Å². The van der Waals surface area contributed by atoms with Crippen LogP contribution in [0.4, 0.5) is 11.4 Å². The minimum absolute atomic E-state index is 0.160. The molecule has 0 aromatic heterocycles. The van der Waals surface area contributed by atoms with Crippen molar-refractivity contribution >= 4 is 34.6 Å². The number of halogens is 2. The number of hydrogen-bond donors (Lipinski definition) is 1. The van der Waals surface area contributed by atoms with Gasteiger partial charge in [0, 0.05) is 22.7 Å². The molecular weight excluding hydrogens is 313 g/mol. The van der Waals surface area contributed by atoms with Crippen LogP contribution in [0.2, 0.25) is 10.0 Å². The highest BCUT2D eigenvalue weighted by atomic mass is 35.5. The lowest BCUT2D eigenvalue weighted by molar-refractivity contribution is -0.384. The molecule has 0 spiro atoms. The molecule has 5 nitrogen and oxygen atoms in total. The Balaban J connectivity index is 2.26. The molecule has 7 heteroatoms. The van der Waals surface area contributed by atoms with Gasteiger partial charge in [0.1, 0.15) is 5.69 Å². The second kappa shape index (κ2) is 6.44. The maximum atomic E-state index is 11.0. The van der Waals surface area contributed by atoms with Crippen LogP contribution in [-0.2, 0) is 6.54 Å². The minimum Gasteiger partial charge on any atom is -0.375 e. The fraction of sp³-hybridized carbons (Fsp3) is 0.0714. The van der Waals surface area contributed by atoms with E-state index in [0.717, 1.165) is 5.56 Å². The van der Waals surface area contributed by atoms with Gasteiger partial charge in [0.15, 0.2) is 0 Å². The summed E-state index contributed by atoms with van der Waals surface area (Å²) in [6, 6.07) is 11.1. The van der Waals surface area contributed by atoms with Gasteiger partial charge in [-0.25, -0.2) is 0 Å². The van der Waals surface area contributed by atoms with Crippen molar-refractivity contribution in [2.24, 2.45) is 0 Å². The lowest BCUT2D eigenvalue weighted by Crippen LogP contribution is -2.03. The van der Waals surface area contributed by atoms with Gasteiger partial charge in [0.25, 0.3) is 5.69 Å². The lowest BCUT2D eigenvalue weighted by Gasteiger charge is -2.09. The van der Waals surface area contributed by atoms with Crippen molar-refractivity contribution in [3.05, 3.63) is 67.7 Å². The van der Waals surface area contributed by atoms with E-state index in [9.17, 15) is 10.1 Å². The molecule has 2 aromatic rings. The summed E-state index contributed by atoms with van der Waals surface area (Å²) in [5, 5.41) is 23.8. The Labute approximate surface area is 130 Å². The summed E-state index contributed by atoms with van der Waals surface area (Å²) in [5.41, 5.74) is 1.11. The molecule has 0 saturated heterocycles. The van der Waals surface area contributed by atoms with Crippen molar-refractivity contribution in [1.82, 2.24) is 0 Å². The van der Waals surface area contributed by atoms with Crippen LogP contribution in [0.3, 0.4) is 0 Å². The first-order chi connectivity index (χ1) is 10.0. The zero-order valence-corrected chi connectivity index (χ0v) is 12.1. The second-order valence-corrected chi connectivity index (χ2v) is 5.03. The van der Waals surface area contributed by atoms with Gasteiger partial charge >= 0.3 is 0 Å². The molecule has 1 N–H and O–H groups in total. The maximum Gasteiger partial charge on any atom is 0.293 e. The monoisotopic (exact) mass is 321 g/mol. The molecule has 0 amide bonds. The molecule has 0 bridgehead atoms. The second-order valence-electron chi connectivity index (χ2n) is 4.19. The maximum absolute atomic E-state index is 11.0. The molecule has 2 rings (SSSR count). The van der Waals surface area contributed by atoms with Crippen LogP contribution in [0.1, 0.15) is 11.1 Å². The molecule has 0 aliphatic heterocycles. The van der Waals surface area contributed by atoms with Crippen LogP contribution in [0.15, 0.2) is 36.4 Å². The Morgan fingerprint density at radius 2 is 2.00 bits per heavy atom. The Kier molecular flexibility index (Phi) is 4.63. The van der Waals surface area contributed by atoms with Crippen molar-refractivity contribution in [3.63, 3.8) is 0 Å². The molecular formula is C14H9Cl2N3O2. The molecule has 0 aliphatic carbocycles. The summed E-state index contributed by atoms with van der Waals surface area (Å²) in [7, 11) is 0. The van der Waals surface area contributed by atoms with Gasteiger partial charge in [-0.15, -0.1) is 0 Å². The largest absolute Gasteiger partial charge is 0.375 e. The van der Waals surface area contributed by atoms with E-state index < -0.39 is 4.92 Å². The first kappa shape index (κ1) is 15.1. The van der Waals surface area contributed by atoms with Crippen LogP contribution >= 0.6 is 23.2 Å². The molecule has 0 unspecified atom stereocenters. The Bertz CT molecular complexity index is 741. The Hall–Kier alpha value is -2.29. The van der Waals surface area contributed by atoms with Crippen molar-refractivity contribution in [3.8, 4) is 6.07 Å². The molecule has 0 fully saturated rings. The molecule has 0 aliphatic rings. The summed E-state index contributed by atoms with van der Waals surface area (Å²) in [6.07, 6.45) is 0. The Morgan fingerprint density at radius 1 is 1.24 bits per heavy atom. The highest BCUT2D eigenvalue weighted by Crippen LogP contribution is 2.27. The van der Waals surface area contributed by atoms with Crippen LogP contribution in [0.25, 0.3) is 0 Å². The van der Waals surface area contributed by atoms with Gasteiger partial charge in [-0.2, -0.15) is 5.26 Å². The molecule has 21 heavy (non-hydrogen) atoms. The number of hydrogen-bond acceptors (Lipinski definition) is 4. The number of nitro groups is 1. The average Bonchev–Trinajstić information content (AvgIpc) is 2.48. The van der Waals surface area contributed by atoms with Crippen LogP contribution in [0, 0.1) is 21.4 Å². The van der Waals surface area contributed by atoms with E-state index in [1.165, 1.54) is 18.2 Å². The number of nitriles is 1. The molecule has 106 valence electrons. The summed E-state index contributed by atoms with van der Waals surface area (Å²) < 4.78 is 0. The number of nitro benzene ring substituents is 1. The molecule has 0 radical (unpaired) electrons. The van der Waals surface area contributed by atoms with E-state index in [4.69, 9.17) is 28.5 Å². The smallest absolute Gasteiger partial charge is 0.293 e. The number of rotatable bonds is 4. The average molecular weight is 322 g/mol. The molecule has 0 atom stereocenters. The third-order valence-corrected chi connectivity index (χ3v) is 3.40. The number of nitrogens with one attached hydrogen (secondary N) is 1. The van der Waals surface area contributed by atoms with Crippen molar-refractivity contribution in [1.29, 1.82) is 5.26 Å². The van der Waals surface area contributed by atoms with E-state index in [2.05, 4.69) is 5.32 Å². The van der Waals surface area contributed by atoms with Crippen molar-refractivity contribution < 1.29 is 4.92 Å². The first-order valence-electron chi connectivity index (χ1n) is 5.87. The molecule has 0 heterocycles. The van der Waals surface area contributed by atoms with Crippen molar-refractivity contribution in [2.45, 2.75) is 6.54 Å². The quantitative estimate of drug-likeness (QED) is 0.669. The third-order valence-electron chi connectivity index (χ3n) is 2.80. The minimum atomic E-state index is -0.539. The van der Waals surface area contributed by atoms with Gasteiger partial charge in [-0.1, -0.05) is 23.2 Å². The van der Waals surface area contributed by atoms with Crippen LogP contribution in [0.5, 0.6) is 0 Å². The van der Waals surface area contributed by atoms with Gasteiger partial charge in [0.2, 0.25) is 0 Å². The summed E-state index contributed by atoms with van der Waals surface area (Å²) in [5.74, 6) is 0. The zero-order valence-electron chi connectivity index (χ0n) is 10.6. The standard InChI is InChI=1S/C14H9Cl2N3O2/c15-11-2-3-12(16)10(6-11)8-18-13-4-1-9(7-17)5-14(13)19(20)21/h1-6,18H,8H2. The van der Waals surface area contributed by atoms with Crippen molar-refractivity contribution in [2.75, 3.05) is 5.32 Å². The third kappa shape index (κ3) is 3.63. The van der Waals surface area contributed by atoms with E-state index in [0.29, 0.717) is 15.7 Å². The SMILES string of the molecule is N#Cc1ccc(NCc2cc(Cl)ccc2Cl)c([N+](=O)[O-])c1. The topological polar surface area (TPSA) is 79.0 Å². The highest BCUT2D eigenvalue weighted by molar-refractivity contribution is 6.33. The summed E-state index contributed by atoms with van der Waals surface area (Å²) in [6.45, 7) is 0.284. The van der Waals surface area contributed by atoms with Gasteiger partial charge in [-0.05, 0) is 35.9 Å². The normalized spacial score (nSPS) is 9.95. The van der Waals surface area contributed by atoms with E-state index in [1.807, 2.05) is 6.07 Å². The highest BCUT2D eigenvalue weighted by Gasteiger charge is 2.14. The first-order valence-corrected chi connectivity index (χ1v) is 6.63. The predicted molar refractivity (Wildman–Crippen MR) is 81.6 cm³/mol. The lowest BCUT2D eigenvalue weighted by atomic mass is 10.1. The number of benzene rings is 2. The van der Waals surface area contributed by atoms with Gasteiger partial charge < -0.3 is 5.32 Å². The van der Waals surface area contributed by atoms with E-state index in [1.54, 1.807) is 18.2 Å². The molecule has 2 aromatic carbocycles. The number of nitrogens with zero attached hydrogens (tertiary/aromatic N) is 2. The van der Waals surface area contributed by atoms with Crippen LogP contribution in [-0.4, -0.2) is 4.92 Å². The Morgan fingerprint density at radius 3 is 2.67 bits per heavy atom. The van der Waals surface area contributed by atoms with Gasteiger partial charge in [0.05, 0.1) is 16.6 Å². The number of anilines is 1. The van der Waals surface area contributed by atoms with Gasteiger partial charge in [-0.3, -0.25) is 10.1 Å². The summed E-state index contributed by atoms with van der Waals surface area (Å²) in [4.78, 5) is 10.5. The van der Waals surface area contributed by atoms with E-state index in [-0.39, 0.29) is 17.8 Å². The van der Waals surface area contributed by atoms with E-state index >= 15 is 0 Å². The predicted octanol–water partition coefficient (Wildman–Crippen LogP) is 4.39.